The number of rotatable bonds is 2. The van der Waals surface area contributed by atoms with Gasteiger partial charge in [-0.25, -0.2) is 0 Å². The van der Waals surface area contributed by atoms with Crippen LogP contribution >= 0.6 is 0 Å². The monoisotopic (exact) mass is 366 g/mol. The Hall–Kier alpha value is -2.53. The van der Waals surface area contributed by atoms with Gasteiger partial charge in [0.2, 0.25) is 0 Å². The Kier molecular flexibility index (Phi) is 4.35. The van der Waals surface area contributed by atoms with E-state index in [4.69, 9.17) is 4.74 Å². The van der Waals surface area contributed by atoms with Crippen molar-refractivity contribution in [3.63, 3.8) is 0 Å². The Bertz CT molecular complexity index is 925. The molecular weight excluding hydrogens is 340 g/mol. The molecule has 0 unspecified atom stereocenters. The predicted octanol–water partition coefficient (Wildman–Crippen LogP) is 3.51. The van der Waals surface area contributed by atoms with Gasteiger partial charge in [-0.2, -0.15) is 0 Å². The molecule has 0 spiro atoms. The molecule has 2 heterocycles. The van der Waals surface area contributed by atoms with Crippen LogP contribution in [0.1, 0.15) is 36.7 Å². The molecule has 0 radical (unpaired) electrons. The lowest BCUT2D eigenvalue weighted by atomic mass is 9.92. The molecule has 27 heavy (non-hydrogen) atoms. The Morgan fingerprint density at radius 2 is 1.81 bits per heavy atom. The molecule has 4 rings (SSSR count). The third kappa shape index (κ3) is 3.06. The van der Waals surface area contributed by atoms with Crippen molar-refractivity contribution in [2.75, 3.05) is 32.7 Å². The van der Waals surface area contributed by atoms with E-state index in [1.807, 2.05) is 55.2 Å². The standard InChI is InChI=1S/C22H26N2O3/c1-4-23-11-13-24(14-12-23)21(26)18-17-9-10-22(2,3)27-20(17)16-8-6-5-7-15(16)19(18)25/h5-10,25H,4,11-14H2,1-3H3. The first-order valence-corrected chi connectivity index (χ1v) is 9.59. The van der Waals surface area contributed by atoms with Gasteiger partial charge in [-0.1, -0.05) is 37.3 Å². The van der Waals surface area contributed by atoms with Crippen LogP contribution in [-0.2, 0) is 0 Å². The average Bonchev–Trinajstić information content (AvgIpc) is 2.68. The molecule has 0 aliphatic carbocycles. The Labute approximate surface area is 159 Å². The molecule has 5 nitrogen and oxygen atoms in total. The molecule has 142 valence electrons. The van der Waals surface area contributed by atoms with E-state index < -0.39 is 5.60 Å². The van der Waals surface area contributed by atoms with E-state index in [1.165, 1.54) is 0 Å². The minimum Gasteiger partial charge on any atom is -0.506 e. The fourth-order valence-electron chi connectivity index (χ4n) is 3.90. The molecule has 0 aromatic heterocycles. The lowest BCUT2D eigenvalue weighted by molar-refractivity contribution is 0.0639. The number of phenols is 1. The largest absolute Gasteiger partial charge is 0.506 e. The smallest absolute Gasteiger partial charge is 0.258 e. The Morgan fingerprint density at radius 1 is 1.15 bits per heavy atom. The van der Waals surface area contributed by atoms with Crippen molar-refractivity contribution in [3.8, 4) is 11.5 Å². The van der Waals surface area contributed by atoms with Crippen LogP contribution in [0.25, 0.3) is 16.8 Å². The molecule has 5 heteroatoms. The number of amides is 1. The number of ether oxygens (including phenoxy) is 1. The van der Waals surface area contributed by atoms with Crippen molar-refractivity contribution >= 4 is 22.8 Å². The highest BCUT2D eigenvalue weighted by Gasteiger charge is 2.32. The predicted molar refractivity (Wildman–Crippen MR) is 107 cm³/mol. The first-order chi connectivity index (χ1) is 12.9. The first-order valence-electron chi connectivity index (χ1n) is 9.59. The first kappa shape index (κ1) is 17.9. The van der Waals surface area contributed by atoms with Gasteiger partial charge in [0.1, 0.15) is 17.1 Å². The van der Waals surface area contributed by atoms with E-state index >= 15 is 0 Å². The van der Waals surface area contributed by atoms with Crippen molar-refractivity contribution in [3.05, 3.63) is 41.5 Å². The lowest BCUT2D eigenvalue weighted by Gasteiger charge is -2.35. The van der Waals surface area contributed by atoms with Gasteiger partial charge in [-0.3, -0.25) is 4.79 Å². The quantitative estimate of drug-likeness (QED) is 0.884. The van der Waals surface area contributed by atoms with Gasteiger partial charge in [0.15, 0.2) is 0 Å². The number of carbonyl (C=O) groups is 1. The van der Waals surface area contributed by atoms with E-state index in [9.17, 15) is 9.90 Å². The van der Waals surface area contributed by atoms with Crippen molar-refractivity contribution in [1.82, 2.24) is 9.80 Å². The van der Waals surface area contributed by atoms with Crippen LogP contribution in [0, 0.1) is 0 Å². The normalized spacial score (nSPS) is 19.0. The molecule has 1 N–H and O–H groups in total. The number of likely N-dealkylation sites (N-methyl/N-ethyl adjacent to an activating group) is 1. The summed E-state index contributed by atoms with van der Waals surface area (Å²) in [7, 11) is 0. The molecule has 1 saturated heterocycles. The highest BCUT2D eigenvalue weighted by molar-refractivity contribution is 6.10. The summed E-state index contributed by atoms with van der Waals surface area (Å²) >= 11 is 0. The number of carbonyl (C=O) groups excluding carboxylic acids is 1. The molecule has 1 amide bonds. The number of hydrogen-bond acceptors (Lipinski definition) is 4. The highest BCUT2D eigenvalue weighted by Crippen LogP contribution is 2.45. The van der Waals surface area contributed by atoms with Crippen LogP contribution in [0.5, 0.6) is 11.5 Å². The van der Waals surface area contributed by atoms with Crippen LogP contribution in [0.2, 0.25) is 0 Å². The SMILES string of the molecule is CCN1CCN(C(=O)c2c3c(c4ccccc4c2O)OC(C)(C)C=C3)CC1. The van der Waals surface area contributed by atoms with Crippen LogP contribution < -0.4 is 4.74 Å². The van der Waals surface area contributed by atoms with Crippen LogP contribution in [-0.4, -0.2) is 59.1 Å². The van der Waals surface area contributed by atoms with E-state index in [1.54, 1.807) is 0 Å². The van der Waals surface area contributed by atoms with Gasteiger partial charge in [0.25, 0.3) is 5.91 Å². The number of nitrogens with zero attached hydrogens (tertiary/aromatic N) is 2. The summed E-state index contributed by atoms with van der Waals surface area (Å²) in [5, 5.41) is 12.5. The fourth-order valence-corrected chi connectivity index (χ4v) is 3.90. The average molecular weight is 366 g/mol. The summed E-state index contributed by atoms with van der Waals surface area (Å²) in [4.78, 5) is 17.5. The maximum Gasteiger partial charge on any atom is 0.258 e. The molecule has 2 aromatic rings. The van der Waals surface area contributed by atoms with Crippen LogP contribution in [0.15, 0.2) is 30.3 Å². The molecule has 2 aromatic carbocycles. The zero-order valence-electron chi connectivity index (χ0n) is 16.2. The molecule has 0 atom stereocenters. The summed E-state index contributed by atoms with van der Waals surface area (Å²) in [6.45, 7) is 10.2. The Balaban J connectivity index is 1.84. The summed E-state index contributed by atoms with van der Waals surface area (Å²) in [6, 6.07) is 7.55. The zero-order chi connectivity index (χ0) is 19.2. The number of aromatic hydroxyl groups is 1. The number of benzene rings is 2. The summed E-state index contributed by atoms with van der Waals surface area (Å²) in [5.74, 6) is 0.588. The van der Waals surface area contributed by atoms with Gasteiger partial charge in [-0.15, -0.1) is 0 Å². The van der Waals surface area contributed by atoms with Gasteiger partial charge in [0.05, 0.1) is 5.56 Å². The summed E-state index contributed by atoms with van der Waals surface area (Å²) in [5.41, 5.74) is 0.564. The summed E-state index contributed by atoms with van der Waals surface area (Å²) in [6.07, 6.45) is 3.86. The minimum atomic E-state index is -0.459. The molecule has 0 bridgehead atoms. The molecule has 2 aliphatic heterocycles. The number of fused-ring (bicyclic) bond motifs is 3. The maximum absolute atomic E-state index is 13.4. The van der Waals surface area contributed by atoms with E-state index in [0.717, 1.165) is 25.0 Å². The van der Waals surface area contributed by atoms with Gasteiger partial charge in [0, 0.05) is 42.5 Å². The number of phenolic OH excluding ortho intramolecular Hbond substituents is 1. The third-order valence-corrected chi connectivity index (χ3v) is 5.51. The minimum absolute atomic E-state index is 0.0419. The van der Waals surface area contributed by atoms with E-state index in [0.29, 0.717) is 35.4 Å². The second-order valence-electron chi connectivity index (χ2n) is 7.78. The van der Waals surface area contributed by atoms with E-state index in [-0.39, 0.29) is 11.7 Å². The second kappa shape index (κ2) is 6.57. The van der Waals surface area contributed by atoms with E-state index in [2.05, 4.69) is 11.8 Å². The van der Waals surface area contributed by atoms with Gasteiger partial charge >= 0.3 is 0 Å². The van der Waals surface area contributed by atoms with Crippen molar-refractivity contribution in [2.45, 2.75) is 26.4 Å². The second-order valence-corrected chi connectivity index (χ2v) is 7.78. The summed E-state index contributed by atoms with van der Waals surface area (Å²) < 4.78 is 6.22. The van der Waals surface area contributed by atoms with Crippen LogP contribution in [0.3, 0.4) is 0 Å². The van der Waals surface area contributed by atoms with Crippen molar-refractivity contribution < 1.29 is 14.6 Å². The molecule has 0 saturated carbocycles. The van der Waals surface area contributed by atoms with Gasteiger partial charge < -0.3 is 19.6 Å². The topological polar surface area (TPSA) is 53.0 Å². The number of piperazine rings is 1. The fraction of sp³-hybridized carbons (Fsp3) is 0.409. The zero-order valence-corrected chi connectivity index (χ0v) is 16.2. The van der Waals surface area contributed by atoms with Crippen molar-refractivity contribution in [1.29, 1.82) is 0 Å². The van der Waals surface area contributed by atoms with Gasteiger partial charge in [-0.05, 0) is 26.5 Å². The molecule has 2 aliphatic rings. The lowest BCUT2D eigenvalue weighted by Crippen LogP contribution is -2.48. The van der Waals surface area contributed by atoms with Crippen LogP contribution in [0.4, 0.5) is 0 Å². The Morgan fingerprint density at radius 3 is 2.48 bits per heavy atom. The third-order valence-electron chi connectivity index (χ3n) is 5.51. The number of hydrogen-bond donors (Lipinski definition) is 1. The maximum atomic E-state index is 13.4. The highest BCUT2D eigenvalue weighted by atomic mass is 16.5. The molecule has 1 fully saturated rings. The molecular formula is C22H26N2O3. The van der Waals surface area contributed by atoms with Crippen molar-refractivity contribution in [2.24, 2.45) is 0 Å².